The third-order valence-corrected chi connectivity index (χ3v) is 5.31. The Morgan fingerprint density at radius 2 is 1.86 bits per heavy atom. The standard InChI is InChI=1S/C22H24N2O4S/c1-14-19(21(25)27-4)20(23-22(29)24(14)2)16-10-11-17(18(12-16)26-3)28-13-15-8-6-5-7-9-15/h5-12,20H,13H2,1-4H3,(H,23,29)/t20-/m1/s1. The number of ether oxygens (including phenoxy) is 3. The van der Waals surface area contributed by atoms with Crippen molar-refractivity contribution < 1.29 is 19.0 Å². The molecule has 3 rings (SSSR count). The molecular formula is C22H24N2O4S. The minimum atomic E-state index is -0.441. The van der Waals surface area contributed by atoms with Gasteiger partial charge in [-0.2, -0.15) is 0 Å². The molecule has 0 saturated heterocycles. The van der Waals surface area contributed by atoms with Crippen molar-refractivity contribution in [3.8, 4) is 11.5 Å². The van der Waals surface area contributed by atoms with Crippen molar-refractivity contribution in [2.24, 2.45) is 0 Å². The zero-order valence-electron chi connectivity index (χ0n) is 16.9. The number of thiocarbonyl (C=S) groups is 1. The Hall–Kier alpha value is -3.06. The monoisotopic (exact) mass is 412 g/mol. The second-order valence-corrected chi connectivity index (χ2v) is 7.00. The molecule has 1 aliphatic rings. The summed E-state index contributed by atoms with van der Waals surface area (Å²) < 4.78 is 16.5. The molecule has 0 aromatic heterocycles. The van der Waals surface area contributed by atoms with Gasteiger partial charge in [-0.1, -0.05) is 36.4 Å². The Morgan fingerprint density at radius 1 is 1.14 bits per heavy atom. The lowest BCUT2D eigenvalue weighted by Gasteiger charge is -2.35. The Labute approximate surface area is 176 Å². The Bertz CT molecular complexity index is 943. The minimum absolute atomic E-state index is 0.405. The van der Waals surface area contributed by atoms with E-state index >= 15 is 0 Å². The lowest BCUT2D eigenvalue weighted by Crippen LogP contribution is -2.46. The van der Waals surface area contributed by atoms with E-state index in [1.807, 2.05) is 62.5 Å². The summed E-state index contributed by atoms with van der Waals surface area (Å²) in [5.41, 5.74) is 3.13. The van der Waals surface area contributed by atoms with Gasteiger partial charge in [-0.3, -0.25) is 0 Å². The van der Waals surface area contributed by atoms with E-state index in [1.54, 1.807) is 12.0 Å². The van der Waals surface area contributed by atoms with Gasteiger partial charge in [0.25, 0.3) is 0 Å². The first-order valence-electron chi connectivity index (χ1n) is 9.14. The fourth-order valence-electron chi connectivity index (χ4n) is 3.18. The molecule has 2 aromatic rings. The molecule has 0 bridgehead atoms. The SMILES string of the molecule is COC(=O)C1=C(C)N(C)C(=S)N[C@@H]1c1ccc(OCc2ccccc2)c(OC)c1. The van der Waals surface area contributed by atoms with Crippen molar-refractivity contribution in [1.82, 2.24) is 10.2 Å². The van der Waals surface area contributed by atoms with Gasteiger partial charge < -0.3 is 24.4 Å². The molecule has 0 fully saturated rings. The highest BCUT2D eigenvalue weighted by Gasteiger charge is 2.33. The molecule has 1 atom stereocenters. The van der Waals surface area contributed by atoms with Crippen molar-refractivity contribution in [2.75, 3.05) is 21.3 Å². The maximum Gasteiger partial charge on any atom is 0.337 e. The van der Waals surface area contributed by atoms with Crippen molar-refractivity contribution in [3.05, 3.63) is 70.9 Å². The number of rotatable bonds is 6. The third kappa shape index (κ3) is 4.35. The van der Waals surface area contributed by atoms with E-state index in [1.165, 1.54) is 7.11 Å². The number of methoxy groups -OCH3 is 2. The van der Waals surface area contributed by atoms with E-state index in [0.717, 1.165) is 16.8 Å². The number of nitrogens with zero attached hydrogens (tertiary/aromatic N) is 1. The highest BCUT2D eigenvalue weighted by molar-refractivity contribution is 7.80. The van der Waals surface area contributed by atoms with Gasteiger partial charge in [0.2, 0.25) is 0 Å². The first-order chi connectivity index (χ1) is 14.0. The van der Waals surface area contributed by atoms with Gasteiger partial charge in [0, 0.05) is 12.7 Å². The summed E-state index contributed by atoms with van der Waals surface area (Å²) in [5, 5.41) is 3.74. The maximum atomic E-state index is 12.4. The van der Waals surface area contributed by atoms with E-state index in [0.29, 0.717) is 28.8 Å². The van der Waals surface area contributed by atoms with Crippen molar-refractivity contribution >= 4 is 23.3 Å². The van der Waals surface area contributed by atoms with Gasteiger partial charge in [-0.15, -0.1) is 0 Å². The molecular weight excluding hydrogens is 388 g/mol. The average Bonchev–Trinajstić information content (AvgIpc) is 2.75. The van der Waals surface area contributed by atoms with Gasteiger partial charge in [-0.25, -0.2) is 4.79 Å². The molecule has 0 aliphatic carbocycles. The molecule has 152 valence electrons. The molecule has 2 aromatic carbocycles. The summed E-state index contributed by atoms with van der Waals surface area (Å²) in [5.74, 6) is 0.792. The Kier molecular flexibility index (Phi) is 6.39. The van der Waals surface area contributed by atoms with Crippen LogP contribution in [0.5, 0.6) is 11.5 Å². The zero-order valence-corrected chi connectivity index (χ0v) is 17.7. The fraction of sp³-hybridized carbons (Fsp3) is 0.273. The van der Waals surface area contributed by atoms with Crippen LogP contribution in [0.15, 0.2) is 59.8 Å². The second-order valence-electron chi connectivity index (χ2n) is 6.62. The Balaban J connectivity index is 1.91. The number of carbonyl (C=O) groups excluding carboxylic acids is 1. The highest BCUT2D eigenvalue weighted by Crippen LogP contribution is 2.36. The zero-order chi connectivity index (χ0) is 21.0. The molecule has 0 spiro atoms. The van der Waals surface area contributed by atoms with Crippen LogP contribution in [0, 0.1) is 0 Å². The van der Waals surface area contributed by atoms with E-state index in [4.69, 9.17) is 26.4 Å². The Morgan fingerprint density at radius 3 is 2.52 bits per heavy atom. The minimum Gasteiger partial charge on any atom is -0.493 e. The number of hydrogen-bond acceptors (Lipinski definition) is 5. The topological polar surface area (TPSA) is 60.0 Å². The first kappa shape index (κ1) is 20.7. The van der Waals surface area contributed by atoms with E-state index < -0.39 is 12.0 Å². The molecule has 0 radical (unpaired) electrons. The predicted octanol–water partition coefficient (Wildman–Crippen LogP) is 3.58. The van der Waals surface area contributed by atoms with Gasteiger partial charge in [0.15, 0.2) is 16.6 Å². The quantitative estimate of drug-likeness (QED) is 0.575. The van der Waals surface area contributed by atoms with Crippen LogP contribution in [0.1, 0.15) is 24.1 Å². The molecule has 29 heavy (non-hydrogen) atoms. The van der Waals surface area contributed by atoms with Crippen LogP contribution in [0.3, 0.4) is 0 Å². The summed E-state index contributed by atoms with van der Waals surface area (Å²) in [6.45, 7) is 2.28. The van der Waals surface area contributed by atoms with E-state index in [9.17, 15) is 4.79 Å². The van der Waals surface area contributed by atoms with Gasteiger partial charge in [0.05, 0.1) is 25.8 Å². The predicted molar refractivity (Wildman–Crippen MR) is 115 cm³/mol. The third-order valence-electron chi connectivity index (χ3n) is 4.92. The average molecular weight is 413 g/mol. The summed E-state index contributed by atoms with van der Waals surface area (Å²) in [7, 11) is 4.77. The molecule has 0 unspecified atom stereocenters. The van der Waals surface area contributed by atoms with Crippen LogP contribution in [-0.2, 0) is 16.1 Å². The molecule has 0 amide bonds. The number of hydrogen-bond donors (Lipinski definition) is 1. The van der Waals surface area contributed by atoms with Crippen LogP contribution in [0.2, 0.25) is 0 Å². The lowest BCUT2D eigenvalue weighted by atomic mass is 9.95. The largest absolute Gasteiger partial charge is 0.493 e. The summed E-state index contributed by atoms with van der Waals surface area (Å²) in [6.07, 6.45) is 0. The number of esters is 1. The summed E-state index contributed by atoms with van der Waals surface area (Å²) in [4.78, 5) is 14.2. The second kappa shape index (κ2) is 8.96. The van der Waals surface area contributed by atoms with Crippen LogP contribution in [0.4, 0.5) is 0 Å². The van der Waals surface area contributed by atoms with Gasteiger partial charge >= 0.3 is 5.97 Å². The first-order valence-corrected chi connectivity index (χ1v) is 9.55. The molecule has 0 saturated carbocycles. The van der Waals surface area contributed by atoms with Crippen LogP contribution < -0.4 is 14.8 Å². The fourth-order valence-corrected chi connectivity index (χ4v) is 3.43. The van der Waals surface area contributed by atoms with Gasteiger partial charge in [0.1, 0.15) is 6.61 Å². The van der Waals surface area contributed by atoms with E-state index in [-0.39, 0.29) is 0 Å². The normalized spacial score (nSPS) is 16.3. The van der Waals surface area contributed by atoms with Crippen molar-refractivity contribution in [1.29, 1.82) is 0 Å². The lowest BCUT2D eigenvalue weighted by molar-refractivity contribution is -0.136. The summed E-state index contributed by atoms with van der Waals surface area (Å²) in [6, 6.07) is 15.0. The number of nitrogens with one attached hydrogen (secondary N) is 1. The molecule has 1 heterocycles. The molecule has 1 N–H and O–H groups in total. The van der Waals surface area contributed by atoms with Crippen LogP contribution in [-0.4, -0.2) is 37.2 Å². The summed E-state index contributed by atoms with van der Waals surface area (Å²) >= 11 is 5.41. The number of carbonyl (C=O) groups is 1. The number of benzene rings is 2. The van der Waals surface area contributed by atoms with Gasteiger partial charge in [-0.05, 0) is 42.4 Å². The van der Waals surface area contributed by atoms with Crippen LogP contribution in [0.25, 0.3) is 0 Å². The van der Waals surface area contributed by atoms with Crippen molar-refractivity contribution in [2.45, 2.75) is 19.6 Å². The molecule has 7 heteroatoms. The van der Waals surface area contributed by atoms with Crippen LogP contribution >= 0.6 is 12.2 Å². The van der Waals surface area contributed by atoms with Crippen molar-refractivity contribution in [3.63, 3.8) is 0 Å². The molecule has 6 nitrogen and oxygen atoms in total. The maximum absolute atomic E-state index is 12.4. The number of allylic oxidation sites excluding steroid dienone is 1. The molecule has 1 aliphatic heterocycles. The smallest absolute Gasteiger partial charge is 0.337 e. The van der Waals surface area contributed by atoms with E-state index in [2.05, 4.69) is 5.32 Å². The highest BCUT2D eigenvalue weighted by atomic mass is 32.1.